The maximum atomic E-state index is 11.2. The molecule has 4 nitrogen and oxygen atoms in total. The fourth-order valence-electron chi connectivity index (χ4n) is 1.82. The summed E-state index contributed by atoms with van der Waals surface area (Å²) in [6.45, 7) is 2.07. The SMILES string of the molecule is CCOC(=O)/C=C/ON=C(c1ccccc1)c1ccccc1. The number of rotatable bonds is 6. The molecule has 0 aromatic heterocycles. The standard InChI is InChI=1S/C18H17NO3/c1-2-21-17(20)13-14-22-19-18(15-9-5-3-6-10-15)16-11-7-4-8-12-16/h3-14H,2H2,1H3/b14-13+. The Morgan fingerprint density at radius 3 is 2.05 bits per heavy atom. The van der Waals surface area contributed by atoms with Crippen molar-refractivity contribution in [3.8, 4) is 0 Å². The van der Waals surface area contributed by atoms with Crippen LogP contribution in [0.3, 0.4) is 0 Å². The second-order valence-corrected chi connectivity index (χ2v) is 4.33. The summed E-state index contributed by atoms with van der Waals surface area (Å²) in [5.74, 6) is -0.460. The first-order valence-electron chi connectivity index (χ1n) is 6.99. The predicted molar refractivity (Wildman–Crippen MR) is 85.4 cm³/mol. The summed E-state index contributed by atoms with van der Waals surface area (Å²) >= 11 is 0. The van der Waals surface area contributed by atoms with E-state index >= 15 is 0 Å². The summed E-state index contributed by atoms with van der Waals surface area (Å²) in [5, 5.41) is 4.12. The quantitative estimate of drug-likeness (QED) is 0.269. The Bertz CT molecular complexity index is 607. The van der Waals surface area contributed by atoms with Crippen LogP contribution in [0.25, 0.3) is 0 Å². The van der Waals surface area contributed by atoms with E-state index in [0.29, 0.717) is 12.3 Å². The molecule has 2 rings (SSSR count). The van der Waals surface area contributed by atoms with E-state index in [1.165, 1.54) is 12.3 Å². The topological polar surface area (TPSA) is 47.9 Å². The maximum absolute atomic E-state index is 11.2. The molecule has 0 unspecified atom stereocenters. The first-order chi connectivity index (χ1) is 10.8. The van der Waals surface area contributed by atoms with Crippen molar-refractivity contribution in [2.45, 2.75) is 6.92 Å². The van der Waals surface area contributed by atoms with Crippen LogP contribution >= 0.6 is 0 Å². The molecule has 0 amide bonds. The zero-order valence-corrected chi connectivity index (χ0v) is 12.3. The van der Waals surface area contributed by atoms with E-state index in [4.69, 9.17) is 9.57 Å². The molecule has 0 saturated heterocycles. The summed E-state index contributed by atoms with van der Waals surface area (Å²) in [6.07, 6.45) is 2.41. The summed E-state index contributed by atoms with van der Waals surface area (Å²) in [5.41, 5.74) is 2.55. The number of carbonyl (C=O) groups is 1. The van der Waals surface area contributed by atoms with Crippen molar-refractivity contribution in [2.24, 2.45) is 5.16 Å². The molecule has 0 aliphatic carbocycles. The van der Waals surface area contributed by atoms with Gasteiger partial charge < -0.3 is 9.57 Å². The number of carbonyl (C=O) groups excluding carboxylic acids is 1. The maximum Gasteiger partial charge on any atom is 0.333 e. The van der Waals surface area contributed by atoms with Crippen molar-refractivity contribution in [1.29, 1.82) is 0 Å². The molecular formula is C18H17NO3. The molecular weight excluding hydrogens is 278 g/mol. The van der Waals surface area contributed by atoms with Crippen molar-refractivity contribution in [1.82, 2.24) is 0 Å². The number of hydrogen-bond acceptors (Lipinski definition) is 4. The van der Waals surface area contributed by atoms with Crippen molar-refractivity contribution < 1.29 is 14.4 Å². The van der Waals surface area contributed by atoms with Gasteiger partial charge in [-0.15, -0.1) is 0 Å². The third-order valence-corrected chi connectivity index (χ3v) is 2.79. The van der Waals surface area contributed by atoms with Crippen molar-refractivity contribution >= 4 is 11.7 Å². The van der Waals surface area contributed by atoms with Crippen molar-refractivity contribution in [3.63, 3.8) is 0 Å². The molecule has 0 fully saturated rings. The van der Waals surface area contributed by atoms with Crippen LogP contribution in [0.15, 0.2) is 78.2 Å². The molecule has 0 saturated carbocycles. The second-order valence-electron chi connectivity index (χ2n) is 4.33. The average molecular weight is 295 g/mol. The van der Waals surface area contributed by atoms with Gasteiger partial charge in [-0.1, -0.05) is 65.8 Å². The molecule has 0 aliphatic heterocycles. The number of benzene rings is 2. The van der Waals surface area contributed by atoms with E-state index in [9.17, 15) is 4.79 Å². The first-order valence-corrected chi connectivity index (χ1v) is 6.99. The van der Waals surface area contributed by atoms with Crippen LogP contribution in [0, 0.1) is 0 Å². The highest BCUT2D eigenvalue weighted by molar-refractivity contribution is 6.12. The van der Waals surface area contributed by atoms with E-state index in [1.54, 1.807) is 6.92 Å². The first kappa shape index (κ1) is 15.5. The number of nitrogens with zero attached hydrogens (tertiary/aromatic N) is 1. The lowest BCUT2D eigenvalue weighted by molar-refractivity contribution is -0.137. The number of esters is 1. The molecule has 0 spiro atoms. The lowest BCUT2D eigenvalue weighted by Crippen LogP contribution is -2.03. The van der Waals surface area contributed by atoms with Gasteiger partial charge in [0.1, 0.15) is 12.0 Å². The monoisotopic (exact) mass is 295 g/mol. The van der Waals surface area contributed by atoms with Gasteiger partial charge in [-0.3, -0.25) is 0 Å². The molecule has 0 aliphatic rings. The molecule has 4 heteroatoms. The van der Waals surface area contributed by atoms with Gasteiger partial charge in [-0.25, -0.2) is 4.79 Å². The molecule has 0 atom stereocenters. The Labute approximate surface area is 129 Å². The molecule has 112 valence electrons. The van der Waals surface area contributed by atoms with Crippen LogP contribution in [0.1, 0.15) is 18.1 Å². The van der Waals surface area contributed by atoms with Crippen molar-refractivity contribution in [3.05, 3.63) is 84.1 Å². The lowest BCUT2D eigenvalue weighted by atomic mass is 10.0. The van der Waals surface area contributed by atoms with Gasteiger partial charge in [0, 0.05) is 11.1 Å². The largest absolute Gasteiger partial charge is 0.463 e. The highest BCUT2D eigenvalue weighted by atomic mass is 16.6. The van der Waals surface area contributed by atoms with Gasteiger partial charge in [0.25, 0.3) is 0 Å². The van der Waals surface area contributed by atoms with Gasteiger partial charge in [0.2, 0.25) is 0 Å². The second kappa shape index (κ2) is 8.42. The molecule has 0 radical (unpaired) electrons. The highest BCUT2D eigenvalue weighted by Crippen LogP contribution is 2.11. The minimum atomic E-state index is -0.460. The average Bonchev–Trinajstić information content (AvgIpc) is 2.57. The smallest absolute Gasteiger partial charge is 0.333 e. The molecule has 0 N–H and O–H groups in total. The number of hydrogen-bond donors (Lipinski definition) is 0. The summed E-state index contributed by atoms with van der Waals surface area (Å²) in [6, 6.07) is 19.4. The van der Waals surface area contributed by atoms with Crippen molar-refractivity contribution in [2.75, 3.05) is 6.61 Å². The van der Waals surface area contributed by atoms with Crippen LogP contribution in [0.2, 0.25) is 0 Å². The van der Waals surface area contributed by atoms with Crippen LogP contribution < -0.4 is 0 Å². The van der Waals surface area contributed by atoms with Gasteiger partial charge in [-0.2, -0.15) is 0 Å². The van der Waals surface area contributed by atoms with E-state index in [0.717, 1.165) is 11.1 Å². The van der Waals surface area contributed by atoms with Gasteiger partial charge in [0.15, 0.2) is 0 Å². The lowest BCUT2D eigenvalue weighted by Gasteiger charge is -2.05. The summed E-state index contributed by atoms with van der Waals surface area (Å²) in [4.78, 5) is 16.3. The Hall–Kier alpha value is -2.88. The fraction of sp³-hybridized carbons (Fsp3) is 0.111. The van der Waals surface area contributed by atoms with Gasteiger partial charge >= 0.3 is 5.97 Å². The van der Waals surface area contributed by atoms with E-state index in [-0.39, 0.29) is 0 Å². The highest BCUT2D eigenvalue weighted by Gasteiger charge is 2.06. The van der Waals surface area contributed by atoms with Crippen LogP contribution in [-0.2, 0) is 14.4 Å². The Morgan fingerprint density at radius 1 is 1.00 bits per heavy atom. The molecule has 0 heterocycles. The number of oxime groups is 1. The molecule has 2 aromatic carbocycles. The molecule has 22 heavy (non-hydrogen) atoms. The molecule has 2 aromatic rings. The van der Waals surface area contributed by atoms with Gasteiger partial charge in [0.05, 0.1) is 12.7 Å². The van der Waals surface area contributed by atoms with E-state index in [2.05, 4.69) is 5.16 Å². The summed E-state index contributed by atoms with van der Waals surface area (Å²) in [7, 11) is 0. The van der Waals surface area contributed by atoms with E-state index in [1.807, 2.05) is 60.7 Å². The third-order valence-electron chi connectivity index (χ3n) is 2.79. The predicted octanol–water partition coefficient (Wildman–Crippen LogP) is 3.53. The Balaban J connectivity index is 2.19. The minimum Gasteiger partial charge on any atom is -0.463 e. The molecule has 0 bridgehead atoms. The fourth-order valence-corrected chi connectivity index (χ4v) is 1.82. The third kappa shape index (κ3) is 4.59. The zero-order valence-electron chi connectivity index (χ0n) is 12.3. The van der Waals surface area contributed by atoms with Crippen LogP contribution in [0.5, 0.6) is 0 Å². The zero-order chi connectivity index (χ0) is 15.6. The Kier molecular flexibility index (Phi) is 5.93. The number of ether oxygens (including phenoxy) is 1. The Morgan fingerprint density at radius 2 is 1.55 bits per heavy atom. The van der Waals surface area contributed by atoms with Gasteiger partial charge in [-0.05, 0) is 6.92 Å². The minimum absolute atomic E-state index is 0.325. The van der Waals surface area contributed by atoms with Crippen LogP contribution in [0.4, 0.5) is 0 Å². The summed E-state index contributed by atoms with van der Waals surface area (Å²) < 4.78 is 4.76. The van der Waals surface area contributed by atoms with E-state index < -0.39 is 5.97 Å². The normalized spacial score (nSPS) is 10.2. The van der Waals surface area contributed by atoms with Crippen LogP contribution in [-0.4, -0.2) is 18.3 Å².